The molecule has 2 aromatic carbocycles. The third-order valence-electron chi connectivity index (χ3n) is 4.59. The average Bonchev–Trinajstić information content (AvgIpc) is 3.19. The second-order valence-electron chi connectivity index (χ2n) is 6.85. The van der Waals surface area contributed by atoms with E-state index in [2.05, 4.69) is 15.0 Å². The number of thiophene rings is 1. The molecule has 0 saturated heterocycles. The summed E-state index contributed by atoms with van der Waals surface area (Å²) in [6, 6.07) is 17.5. The third kappa shape index (κ3) is 4.58. The van der Waals surface area contributed by atoms with E-state index in [1.54, 1.807) is 24.3 Å². The lowest BCUT2D eigenvalue weighted by Gasteiger charge is -2.12. The standard InChI is InChI=1S/C23H19N3O4S2/c1-14-12-18-20(32-14)25-23(26(21(18)28)17-6-4-3-5-7-17)31-13-19(27)24-16-10-8-15(9-11-16)22(29)30-2/h3-12H,13H2,1-2H3,(H,24,27). The van der Waals surface area contributed by atoms with Gasteiger partial charge in [-0.2, -0.15) is 0 Å². The van der Waals surface area contributed by atoms with Crippen molar-refractivity contribution < 1.29 is 14.3 Å². The second kappa shape index (κ2) is 9.37. The van der Waals surface area contributed by atoms with Crippen molar-refractivity contribution in [2.45, 2.75) is 12.1 Å². The minimum absolute atomic E-state index is 0.0634. The highest BCUT2D eigenvalue weighted by atomic mass is 32.2. The number of nitrogens with one attached hydrogen (secondary N) is 1. The monoisotopic (exact) mass is 465 g/mol. The second-order valence-corrected chi connectivity index (χ2v) is 9.03. The van der Waals surface area contributed by atoms with Crippen LogP contribution >= 0.6 is 23.1 Å². The first kappa shape index (κ1) is 21.8. The zero-order chi connectivity index (χ0) is 22.7. The van der Waals surface area contributed by atoms with E-state index < -0.39 is 5.97 Å². The predicted octanol–water partition coefficient (Wildman–Crippen LogP) is 4.27. The van der Waals surface area contributed by atoms with Crippen molar-refractivity contribution >= 4 is 50.9 Å². The number of methoxy groups -OCH3 is 1. The van der Waals surface area contributed by atoms with Gasteiger partial charge in [0.1, 0.15) is 4.83 Å². The van der Waals surface area contributed by atoms with Gasteiger partial charge in [-0.25, -0.2) is 9.78 Å². The molecule has 4 aromatic rings. The van der Waals surface area contributed by atoms with Gasteiger partial charge in [-0.05, 0) is 49.4 Å². The number of esters is 1. The van der Waals surface area contributed by atoms with Crippen LogP contribution in [0.4, 0.5) is 5.69 Å². The summed E-state index contributed by atoms with van der Waals surface area (Å²) < 4.78 is 6.21. The summed E-state index contributed by atoms with van der Waals surface area (Å²) in [5, 5.41) is 3.80. The number of fused-ring (bicyclic) bond motifs is 1. The summed E-state index contributed by atoms with van der Waals surface area (Å²) in [5.74, 6) is -0.631. The molecule has 0 aliphatic rings. The van der Waals surface area contributed by atoms with Crippen LogP contribution in [0.2, 0.25) is 0 Å². The fourth-order valence-electron chi connectivity index (χ4n) is 3.12. The molecule has 0 bridgehead atoms. The van der Waals surface area contributed by atoms with Crippen LogP contribution in [-0.2, 0) is 9.53 Å². The minimum atomic E-state index is -0.442. The number of anilines is 1. The SMILES string of the molecule is COC(=O)c1ccc(NC(=O)CSc2nc3sc(C)cc3c(=O)n2-c2ccccc2)cc1. The molecule has 162 valence electrons. The number of ether oxygens (including phenoxy) is 1. The normalized spacial score (nSPS) is 10.8. The number of thioether (sulfide) groups is 1. The van der Waals surface area contributed by atoms with Crippen molar-refractivity contribution in [2.24, 2.45) is 0 Å². The van der Waals surface area contributed by atoms with Gasteiger partial charge in [0.05, 0.1) is 29.5 Å². The average molecular weight is 466 g/mol. The lowest BCUT2D eigenvalue weighted by molar-refractivity contribution is -0.113. The zero-order valence-electron chi connectivity index (χ0n) is 17.3. The molecule has 0 atom stereocenters. The Morgan fingerprint density at radius 3 is 2.53 bits per heavy atom. The van der Waals surface area contributed by atoms with Gasteiger partial charge in [-0.15, -0.1) is 11.3 Å². The smallest absolute Gasteiger partial charge is 0.337 e. The van der Waals surface area contributed by atoms with Gasteiger partial charge in [0, 0.05) is 10.6 Å². The van der Waals surface area contributed by atoms with Crippen molar-refractivity contribution in [1.82, 2.24) is 9.55 Å². The summed E-state index contributed by atoms with van der Waals surface area (Å²) in [6.07, 6.45) is 0. The van der Waals surface area contributed by atoms with Gasteiger partial charge in [-0.3, -0.25) is 14.2 Å². The molecule has 0 spiro atoms. The van der Waals surface area contributed by atoms with E-state index in [4.69, 9.17) is 0 Å². The number of carbonyl (C=O) groups excluding carboxylic acids is 2. The van der Waals surface area contributed by atoms with Gasteiger partial charge in [-0.1, -0.05) is 30.0 Å². The number of benzene rings is 2. The molecule has 0 aliphatic carbocycles. The molecule has 32 heavy (non-hydrogen) atoms. The van der Waals surface area contributed by atoms with Crippen molar-refractivity contribution in [3.05, 3.63) is 81.5 Å². The van der Waals surface area contributed by atoms with Crippen LogP contribution in [0.25, 0.3) is 15.9 Å². The maximum Gasteiger partial charge on any atom is 0.337 e. The molecule has 1 N–H and O–H groups in total. The lowest BCUT2D eigenvalue weighted by Crippen LogP contribution is -2.22. The number of carbonyl (C=O) groups is 2. The number of hydrogen-bond donors (Lipinski definition) is 1. The summed E-state index contributed by atoms with van der Waals surface area (Å²) in [5.41, 5.74) is 1.49. The van der Waals surface area contributed by atoms with E-state index >= 15 is 0 Å². The van der Waals surface area contributed by atoms with Gasteiger partial charge >= 0.3 is 5.97 Å². The quantitative estimate of drug-likeness (QED) is 0.260. The van der Waals surface area contributed by atoms with Crippen LogP contribution in [0.1, 0.15) is 15.2 Å². The number of aryl methyl sites for hydroxylation is 1. The summed E-state index contributed by atoms with van der Waals surface area (Å²) in [7, 11) is 1.31. The highest BCUT2D eigenvalue weighted by Gasteiger charge is 2.16. The molecule has 4 rings (SSSR count). The molecule has 0 radical (unpaired) electrons. The Morgan fingerprint density at radius 2 is 1.84 bits per heavy atom. The Kier molecular flexibility index (Phi) is 6.38. The van der Waals surface area contributed by atoms with Gasteiger partial charge in [0.2, 0.25) is 5.91 Å². The fourth-order valence-corrected chi connectivity index (χ4v) is 4.85. The number of rotatable bonds is 6. The van der Waals surface area contributed by atoms with Gasteiger partial charge in [0.15, 0.2) is 5.16 Å². The summed E-state index contributed by atoms with van der Waals surface area (Å²) in [4.78, 5) is 43.6. The van der Waals surface area contributed by atoms with Gasteiger partial charge < -0.3 is 10.1 Å². The molecular weight excluding hydrogens is 446 g/mol. The summed E-state index contributed by atoms with van der Waals surface area (Å²) in [6.45, 7) is 1.93. The molecule has 2 aromatic heterocycles. The molecule has 0 aliphatic heterocycles. The minimum Gasteiger partial charge on any atom is -0.465 e. The van der Waals surface area contributed by atoms with Crippen molar-refractivity contribution in [3.63, 3.8) is 0 Å². The number of nitrogens with zero attached hydrogens (tertiary/aromatic N) is 2. The van der Waals surface area contributed by atoms with Crippen LogP contribution in [-0.4, -0.2) is 34.3 Å². The highest BCUT2D eigenvalue weighted by Crippen LogP contribution is 2.26. The maximum atomic E-state index is 13.2. The van der Waals surface area contributed by atoms with Crippen molar-refractivity contribution in [3.8, 4) is 5.69 Å². The molecule has 0 fully saturated rings. The molecular formula is C23H19N3O4S2. The molecule has 2 heterocycles. The van der Waals surface area contributed by atoms with Crippen LogP contribution in [0.3, 0.4) is 0 Å². The van der Waals surface area contributed by atoms with E-state index in [9.17, 15) is 14.4 Å². The number of hydrogen-bond acceptors (Lipinski definition) is 7. The molecule has 0 unspecified atom stereocenters. The Balaban J connectivity index is 1.56. The first-order valence-electron chi connectivity index (χ1n) is 9.66. The Morgan fingerprint density at radius 1 is 1.12 bits per heavy atom. The lowest BCUT2D eigenvalue weighted by atomic mass is 10.2. The van der Waals surface area contributed by atoms with E-state index in [-0.39, 0.29) is 17.2 Å². The van der Waals surface area contributed by atoms with Crippen molar-refractivity contribution in [1.29, 1.82) is 0 Å². The molecule has 9 heteroatoms. The predicted molar refractivity (Wildman–Crippen MR) is 127 cm³/mol. The van der Waals surface area contributed by atoms with Crippen LogP contribution < -0.4 is 10.9 Å². The van der Waals surface area contributed by atoms with Crippen LogP contribution in [0.15, 0.2) is 70.6 Å². The first-order chi connectivity index (χ1) is 15.5. The summed E-state index contributed by atoms with van der Waals surface area (Å²) >= 11 is 2.64. The van der Waals surface area contributed by atoms with Gasteiger partial charge in [0.25, 0.3) is 5.56 Å². The largest absolute Gasteiger partial charge is 0.465 e. The Hall–Kier alpha value is -3.43. The van der Waals surface area contributed by atoms with E-state index in [0.29, 0.717) is 32.3 Å². The molecule has 7 nitrogen and oxygen atoms in total. The fraction of sp³-hybridized carbons (Fsp3) is 0.130. The third-order valence-corrected chi connectivity index (χ3v) is 6.48. The maximum absolute atomic E-state index is 13.2. The Labute approximate surface area is 192 Å². The highest BCUT2D eigenvalue weighted by molar-refractivity contribution is 7.99. The van der Waals surface area contributed by atoms with E-state index in [0.717, 1.165) is 4.88 Å². The molecule has 0 saturated carbocycles. The van der Waals surface area contributed by atoms with Crippen molar-refractivity contribution in [2.75, 3.05) is 18.2 Å². The van der Waals surface area contributed by atoms with E-state index in [1.807, 2.05) is 43.3 Å². The Bertz CT molecular complexity index is 1350. The first-order valence-corrected chi connectivity index (χ1v) is 11.5. The van der Waals surface area contributed by atoms with E-state index in [1.165, 1.54) is 34.8 Å². The van der Waals surface area contributed by atoms with Crippen LogP contribution in [0.5, 0.6) is 0 Å². The molecule has 1 amide bonds. The number of para-hydroxylation sites is 1. The topological polar surface area (TPSA) is 90.3 Å². The zero-order valence-corrected chi connectivity index (χ0v) is 19.0. The number of amides is 1. The van der Waals surface area contributed by atoms with Crippen LogP contribution in [0, 0.1) is 6.92 Å². The number of aromatic nitrogens is 2.